The van der Waals surface area contributed by atoms with Gasteiger partial charge in [-0.2, -0.15) is 5.06 Å². The van der Waals surface area contributed by atoms with Crippen molar-refractivity contribution in [3.8, 4) is 50.7 Å². The summed E-state index contributed by atoms with van der Waals surface area (Å²) in [6.07, 6.45) is 1.92. The predicted molar refractivity (Wildman–Crippen MR) is 233 cm³/mol. The molecular weight excluding hydrogens is 701 g/mol. The fourth-order valence-corrected chi connectivity index (χ4v) is 7.99. The van der Waals surface area contributed by atoms with Gasteiger partial charge in [0.15, 0.2) is 0 Å². The standard InChI is InChI=1S/C51H40N4O2/c1-51(2,3)55-47-27-13-12-26-46(47)54(57-55)38-20-14-21-39(33-38)56-40-28-29-44-43-22-10-11-25-45(43)53(48(44)34-40)49-32-37(30-31-52-49)50-41(35-16-6-4-7-17-35)23-15-24-42(50)36-18-8-5-9-19-36/h4-34H,1-3H3. The molecule has 0 aliphatic carbocycles. The van der Waals surface area contributed by atoms with E-state index < -0.39 is 0 Å². The maximum Gasteiger partial charge on any atom is 0.138 e. The van der Waals surface area contributed by atoms with E-state index in [4.69, 9.17) is 14.7 Å². The van der Waals surface area contributed by atoms with Gasteiger partial charge in [0, 0.05) is 29.1 Å². The number of hydroxylamine groups is 1. The van der Waals surface area contributed by atoms with Gasteiger partial charge in [0.05, 0.1) is 33.6 Å². The molecule has 7 aromatic carbocycles. The van der Waals surface area contributed by atoms with Gasteiger partial charge >= 0.3 is 0 Å². The number of hydrogen-bond acceptors (Lipinski definition) is 5. The molecule has 0 N–H and O–H groups in total. The van der Waals surface area contributed by atoms with Crippen LogP contribution in [-0.4, -0.2) is 15.1 Å². The summed E-state index contributed by atoms with van der Waals surface area (Å²) in [5, 5.41) is 6.09. The monoisotopic (exact) mass is 740 g/mol. The van der Waals surface area contributed by atoms with Gasteiger partial charge < -0.3 is 4.74 Å². The predicted octanol–water partition coefficient (Wildman–Crippen LogP) is 13.6. The number of rotatable bonds is 7. The molecule has 276 valence electrons. The van der Waals surface area contributed by atoms with Crippen LogP contribution in [0, 0.1) is 0 Å². The molecular formula is C51H40N4O2. The summed E-state index contributed by atoms with van der Waals surface area (Å²) in [7, 11) is 0. The number of hydrogen-bond donors (Lipinski definition) is 0. The van der Waals surface area contributed by atoms with Crippen molar-refractivity contribution in [2.24, 2.45) is 0 Å². The van der Waals surface area contributed by atoms with E-state index in [1.807, 2.05) is 58.8 Å². The summed E-state index contributed by atoms with van der Waals surface area (Å²) in [6, 6.07) is 63.2. The van der Waals surface area contributed by atoms with E-state index in [0.717, 1.165) is 56.0 Å². The van der Waals surface area contributed by atoms with Crippen LogP contribution in [0.5, 0.6) is 11.5 Å². The first-order valence-corrected chi connectivity index (χ1v) is 19.3. The van der Waals surface area contributed by atoms with Crippen LogP contribution in [0.15, 0.2) is 188 Å². The Labute approximate surface area is 332 Å². The molecule has 9 aromatic rings. The number of aromatic nitrogens is 2. The molecule has 0 radical (unpaired) electrons. The number of fused-ring (bicyclic) bond motifs is 4. The SMILES string of the molecule is CC(C)(C)N1ON(c2cccc(Oc3ccc4c5ccccc5n(-c5cc(-c6c(-c7ccccc7)cccc6-c6ccccc6)ccn5)c4c3)c2)c2ccccc21. The van der Waals surface area contributed by atoms with Crippen molar-refractivity contribution in [3.05, 3.63) is 188 Å². The lowest BCUT2D eigenvalue weighted by Crippen LogP contribution is -2.41. The van der Waals surface area contributed by atoms with Crippen molar-refractivity contribution in [2.75, 3.05) is 10.1 Å². The zero-order chi connectivity index (χ0) is 38.5. The molecule has 0 bridgehead atoms. The quantitative estimate of drug-likeness (QED) is 0.163. The smallest absolute Gasteiger partial charge is 0.138 e. The molecule has 0 unspecified atom stereocenters. The van der Waals surface area contributed by atoms with Gasteiger partial charge in [-0.15, -0.1) is 4.94 Å². The highest BCUT2D eigenvalue weighted by Gasteiger charge is 2.35. The molecule has 3 heterocycles. The van der Waals surface area contributed by atoms with Gasteiger partial charge in [-0.05, 0) is 109 Å². The average molecular weight is 741 g/mol. The zero-order valence-electron chi connectivity index (χ0n) is 32.0. The Morgan fingerprint density at radius 1 is 0.509 bits per heavy atom. The third kappa shape index (κ3) is 6.17. The molecule has 2 aromatic heterocycles. The van der Waals surface area contributed by atoms with Crippen molar-refractivity contribution >= 4 is 38.9 Å². The van der Waals surface area contributed by atoms with Crippen molar-refractivity contribution in [2.45, 2.75) is 26.3 Å². The largest absolute Gasteiger partial charge is 0.457 e. The number of para-hydroxylation sites is 3. The molecule has 0 fully saturated rings. The van der Waals surface area contributed by atoms with E-state index in [-0.39, 0.29) is 5.54 Å². The maximum absolute atomic E-state index is 6.65. The normalized spacial score (nSPS) is 12.7. The molecule has 1 aliphatic rings. The number of ether oxygens (including phenoxy) is 1. The van der Waals surface area contributed by atoms with E-state index in [1.54, 1.807) is 0 Å². The van der Waals surface area contributed by atoms with E-state index in [1.165, 1.54) is 27.8 Å². The number of pyridine rings is 1. The van der Waals surface area contributed by atoms with Crippen molar-refractivity contribution in [1.29, 1.82) is 0 Å². The summed E-state index contributed by atoms with van der Waals surface area (Å²) in [4.78, 5) is 11.5. The molecule has 0 atom stereocenters. The first kappa shape index (κ1) is 34.3. The van der Waals surface area contributed by atoms with E-state index in [0.29, 0.717) is 5.75 Å². The van der Waals surface area contributed by atoms with Crippen LogP contribution in [0.3, 0.4) is 0 Å². The molecule has 57 heavy (non-hydrogen) atoms. The van der Waals surface area contributed by atoms with Crippen molar-refractivity contribution < 1.29 is 9.68 Å². The Bertz CT molecular complexity index is 2860. The topological polar surface area (TPSA) is 42.8 Å². The molecule has 6 nitrogen and oxygen atoms in total. The Morgan fingerprint density at radius 3 is 1.88 bits per heavy atom. The van der Waals surface area contributed by atoms with Crippen LogP contribution in [0.2, 0.25) is 0 Å². The Morgan fingerprint density at radius 2 is 1.14 bits per heavy atom. The van der Waals surface area contributed by atoms with Gasteiger partial charge in [0.1, 0.15) is 17.3 Å². The van der Waals surface area contributed by atoms with E-state index in [2.05, 4.69) is 165 Å². The van der Waals surface area contributed by atoms with Crippen LogP contribution in [0.25, 0.3) is 61.0 Å². The second kappa shape index (κ2) is 13.9. The fraction of sp³-hybridized carbons (Fsp3) is 0.0784. The van der Waals surface area contributed by atoms with E-state index in [9.17, 15) is 0 Å². The lowest BCUT2D eigenvalue weighted by atomic mass is 9.88. The minimum Gasteiger partial charge on any atom is -0.457 e. The van der Waals surface area contributed by atoms with Crippen LogP contribution >= 0.6 is 0 Å². The van der Waals surface area contributed by atoms with Crippen molar-refractivity contribution in [1.82, 2.24) is 9.55 Å². The first-order chi connectivity index (χ1) is 27.9. The Kier molecular flexibility index (Phi) is 8.35. The molecule has 1 aliphatic heterocycles. The summed E-state index contributed by atoms with van der Waals surface area (Å²) in [5.74, 6) is 2.25. The third-order valence-corrected chi connectivity index (χ3v) is 10.5. The van der Waals surface area contributed by atoms with E-state index >= 15 is 0 Å². The second-order valence-corrected chi connectivity index (χ2v) is 15.3. The number of benzene rings is 7. The van der Waals surface area contributed by atoms with Crippen LogP contribution in [-0.2, 0) is 4.94 Å². The first-order valence-electron chi connectivity index (χ1n) is 19.3. The summed E-state index contributed by atoms with van der Waals surface area (Å²) in [6.45, 7) is 6.42. The highest BCUT2D eigenvalue weighted by Crippen LogP contribution is 2.46. The van der Waals surface area contributed by atoms with Gasteiger partial charge in [0.25, 0.3) is 0 Å². The number of nitrogens with zero attached hydrogens (tertiary/aromatic N) is 4. The van der Waals surface area contributed by atoms with Gasteiger partial charge in [0.2, 0.25) is 0 Å². The molecule has 6 heteroatoms. The van der Waals surface area contributed by atoms with Gasteiger partial charge in [-0.1, -0.05) is 115 Å². The maximum atomic E-state index is 6.65. The number of anilines is 3. The lowest BCUT2D eigenvalue weighted by molar-refractivity contribution is 0.0842. The average Bonchev–Trinajstić information content (AvgIpc) is 3.81. The fourth-order valence-electron chi connectivity index (χ4n) is 7.99. The third-order valence-electron chi connectivity index (χ3n) is 10.5. The molecule has 0 saturated carbocycles. The Hall–Kier alpha value is -7.15. The highest BCUT2D eigenvalue weighted by atomic mass is 16.9. The second-order valence-electron chi connectivity index (χ2n) is 15.3. The highest BCUT2D eigenvalue weighted by molar-refractivity contribution is 6.09. The summed E-state index contributed by atoms with van der Waals surface area (Å²) in [5.41, 5.74) is 11.6. The van der Waals surface area contributed by atoms with Gasteiger partial charge in [-0.3, -0.25) is 4.57 Å². The van der Waals surface area contributed by atoms with Crippen LogP contribution < -0.4 is 14.9 Å². The molecule has 10 rings (SSSR count). The molecule has 0 amide bonds. The summed E-state index contributed by atoms with van der Waals surface area (Å²) < 4.78 is 8.90. The lowest BCUT2D eigenvalue weighted by Gasteiger charge is -2.31. The van der Waals surface area contributed by atoms with Crippen molar-refractivity contribution in [3.63, 3.8) is 0 Å². The minimum absolute atomic E-state index is 0.239. The minimum atomic E-state index is -0.239. The molecule has 0 saturated heterocycles. The Balaban J connectivity index is 1.07. The van der Waals surface area contributed by atoms with Crippen LogP contribution in [0.1, 0.15) is 20.8 Å². The van der Waals surface area contributed by atoms with Gasteiger partial charge in [-0.25, -0.2) is 10.0 Å². The molecule has 0 spiro atoms. The van der Waals surface area contributed by atoms with Crippen LogP contribution in [0.4, 0.5) is 17.1 Å². The summed E-state index contributed by atoms with van der Waals surface area (Å²) >= 11 is 0. The zero-order valence-corrected chi connectivity index (χ0v) is 32.0.